The van der Waals surface area contributed by atoms with Crippen LogP contribution in [0.5, 0.6) is 0 Å². The van der Waals surface area contributed by atoms with Crippen LogP contribution in [-0.2, 0) is 0 Å². The maximum absolute atomic E-state index is 13.9. The molecule has 2 aromatic carbocycles. The van der Waals surface area contributed by atoms with Gasteiger partial charge in [-0.3, -0.25) is 19.6 Å². The Labute approximate surface area is 212 Å². The van der Waals surface area contributed by atoms with Gasteiger partial charge in [0.15, 0.2) is 5.82 Å². The van der Waals surface area contributed by atoms with E-state index in [9.17, 15) is 14.0 Å². The number of anilines is 1. The first-order valence-corrected chi connectivity index (χ1v) is 12.4. The number of hydrogen-bond donors (Lipinski definition) is 1. The van der Waals surface area contributed by atoms with E-state index >= 15 is 0 Å². The predicted octanol–water partition coefficient (Wildman–Crippen LogP) is 4.79. The summed E-state index contributed by atoms with van der Waals surface area (Å²) in [5.41, 5.74) is 3.39. The van der Waals surface area contributed by atoms with Gasteiger partial charge >= 0.3 is 0 Å². The van der Waals surface area contributed by atoms with Crippen molar-refractivity contribution in [2.75, 3.05) is 30.9 Å². The molecule has 0 radical (unpaired) electrons. The molecule has 0 unspecified atom stereocenters. The fraction of sp³-hybridized carbons (Fsp3) is 0.185. The number of carbonyl (C=O) groups excluding carboxylic acids is 2. The van der Waals surface area contributed by atoms with Crippen molar-refractivity contribution >= 4 is 40.4 Å². The zero-order valence-corrected chi connectivity index (χ0v) is 20.5. The molecule has 5 rings (SSSR count). The van der Waals surface area contributed by atoms with Gasteiger partial charge in [-0.1, -0.05) is 18.2 Å². The van der Waals surface area contributed by atoms with Gasteiger partial charge < -0.3 is 14.5 Å². The number of piperazine rings is 1. The molecule has 0 spiro atoms. The number of nitrogens with one attached hydrogen (secondary N) is 1. The topological polar surface area (TPSA) is 78.4 Å². The van der Waals surface area contributed by atoms with Gasteiger partial charge in [-0.15, -0.1) is 0 Å². The first-order chi connectivity index (χ1) is 17.5. The van der Waals surface area contributed by atoms with Crippen LogP contribution in [0.3, 0.4) is 0 Å². The minimum Gasteiger partial charge on any atom is -0.335 e. The Kier molecular flexibility index (Phi) is 6.81. The summed E-state index contributed by atoms with van der Waals surface area (Å²) in [7, 11) is 0. The third-order valence-electron chi connectivity index (χ3n) is 6.20. The molecule has 1 N–H and O–H groups in total. The Bertz CT molecular complexity index is 1430. The number of aryl methyl sites for hydroxylation is 1. The zero-order chi connectivity index (χ0) is 25.1. The molecule has 0 atom stereocenters. The smallest absolute Gasteiger partial charge is 0.257 e. The van der Waals surface area contributed by atoms with Crippen LogP contribution in [0.2, 0.25) is 0 Å². The first kappa shape index (κ1) is 23.7. The fourth-order valence-electron chi connectivity index (χ4n) is 4.19. The number of nitrogens with zero attached hydrogens (tertiary/aromatic N) is 4. The van der Waals surface area contributed by atoms with E-state index < -0.39 is 5.82 Å². The van der Waals surface area contributed by atoms with Crippen LogP contribution in [-0.4, -0.2) is 57.8 Å². The summed E-state index contributed by atoms with van der Waals surface area (Å²) in [4.78, 5) is 38.2. The van der Waals surface area contributed by atoms with Gasteiger partial charge in [0.25, 0.3) is 11.8 Å². The molecular formula is C27H24FN5O2S. The maximum atomic E-state index is 13.9. The Morgan fingerprint density at radius 3 is 2.44 bits per heavy atom. The van der Waals surface area contributed by atoms with Gasteiger partial charge in [0.1, 0.15) is 0 Å². The van der Waals surface area contributed by atoms with Crippen LogP contribution >= 0.6 is 11.9 Å². The van der Waals surface area contributed by atoms with E-state index in [1.54, 1.807) is 16.0 Å². The molecule has 4 aromatic rings. The molecular weight excluding hydrogens is 477 g/mol. The summed E-state index contributed by atoms with van der Waals surface area (Å²) in [5, 5.41) is 1.08. The van der Waals surface area contributed by atoms with Crippen LogP contribution in [0.1, 0.15) is 26.3 Å². The lowest BCUT2D eigenvalue weighted by atomic mass is 10.1. The van der Waals surface area contributed by atoms with Crippen molar-refractivity contribution < 1.29 is 14.0 Å². The molecule has 3 heterocycles. The molecule has 1 aliphatic rings. The second kappa shape index (κ2) is 10.3. The molecule has 36 heavy (non-hydrogen) atoms. The van der Waals surface area contributed by atoms with E-state index in [1.165, 1.54) is 24.2 Å². The summed E-state index contributed by atoms with van der Waals surface area (Å²) in [6.07, 6.45) is 4.21. The van der Waals surface area contributed by atoms with Crippen molar-refractivity contribution in [3.63, 3.8) is 0 Å². The van der Waals surface area contributed by atoms with Gasteiger partial charge in [0.05, 0.1) is 22.2 Å². The highest BCUT2D eigenvalue weighted by Gasteiger charge is 2.27. The number of carbonyl (C=O) groups is 2. The van der Waals surface area contributed by atoms with E-state index in [4.69, 9.17) is 0 Å². The lowest BCUT2D eigenvalue weighted by Gasteiger charge is -2.35. The minimum absolute atomic E-state index is 0.000594. The van der Waals surface area contributed by atoms with Crippen LogP contribution in [0.15, 0.2) is 78.1 Å². The average Bonchev–Trinajstić information content (AvgIpc) is 2.92. The van der Waals surface area contributed by atoms with Crippen LogP contribution < -0.4 is 4.72 Å². The predicted molar refractivity (Wildman–Crippen MR) is 138 cm³/mol. The summed E-state index contributed by atoms with van der Waals surface area (Å²) >= 11 is 1.49. The maximum Gasteiger partial charge on any atom is 0.257 e. The second-order valence-corrected chi connectivity index (χ2v) is 9.35. The number of hydrogen-bond acceptors (Lipinski definition) is 6. The average molecular weight is 502 g/mol. The van der Waals surface area contributed by atoms with Gasteiger partial charge in [-0.25, -0.2) is 4.39 Å². The SMILES string of the molecule is Cc1cc(C(=O)N2CCN(C(=O)c3ccncc3F)CC2)ccc1NSc1cccc2cccnc12. The molecule has 1 aliphatic heterocycles. The van der Waals surface area contributed by atoms with Crippen molar-refractivity contribution in [1.82, 2.24) is 19.8 Å². The Morgan fingerprint density at radius 1 is 0.944 bits per heavy atom. The van der Waals surface area contributed by atoms with Gasteiger partial charge in [-0.05, 0) is 60.8 Å². The van der Waals surface area contributed by atoms with E-state index in [2.05, 4.69) is 14.7 Å². The third kappa shape index (κ3) is 4.87. The molecule has 1 saturated heterocycles. The summed E-state index contributed by atoms with van der Waals surface area (Å²) in [6.45, 7) is 3.43. The van der Waals surface area contributed by atoms with Gasteiger partial charge in [-0.2, -0.15) is 0 Å². The Balaban J connectivity index is 1.21. The van der Waals surface area contributed by atoms with Crippen molar-refractivity contribution in [2.45, 2.75) is 11.8 Å². The summed E-state index contributed by atoms with van der Waals surface area (Å²) < 4.78 is 17.3. The highest BCUT2D eigenvalue weighted by molar-refractivity contribution is 8.00. The molecule has 1 fully saturated rings. The molecule has 2 amide bonds. The standard InChI is InChI=1S/C27H24FN5O2S/c1-18-16-20(7-8-23(18)31-36-24-6-2-4-19-5-3-10-30-25(19)24)26(34)32-12-14-33(15-13-32)27(35)21-9-11-29-17-22(21)28/h2-11,16-17,31H,12-15H2,1H3. The van der Waals surface area contributed by atoms with Crippen molar-refractivity contribution in [3.05, 3.63) is 95.7 Å². The molecule has 0 bridgehead atoms. The number of fused-ring (bicyclic) bond motifs is 1. The molecule has 7 nitrogen and oxygen atoms in total. The van der Waals surface area contributed by atoms with Crippen molar-refractivity contribution in [2.24, 2.45) is 0 Å². The van der Waals surface area contributed by atoms with Crippen LogP contribution in [0.4, 0.5) is 10.1 Å². The first-order valence-electron chi connectivity index (χ1n) is 11.6. The van der Waals surface area contributed by atoms with Crippen LogP contribution in [0, 0.1) is 12.7 Å². The third-order valence-corrected chi connectivity index (χ3v) is 7.07. The van der Waals surface area contributed by atoms with Crippen molar-refractivity contribution in [1.29, 1.82) is 0 Å². The number of halogens is 1. The van der Waals surface area contributed by atoms with E-state index in [0.717, 1.165) is 33.2 Å². The van der Waals surface area contributed by atoms with Crippen LogP contribution in [0.25, 0.3) is 10.9 Å². The quantitative estimate of drug-likeness (QED) is 0.396. The number of pyridine rings is 2. The molecule has 2 aromatic heterocycles. The normalized spacial score (nSPS) is 13.6. The second-order valence-electron chi connectivity index (χ2n) is 8.51. The van der Waals surface area contributed by atoms with E-state index in [0.29, 0.717) is 31.7 Å². The molecule has 0 aliphatic carbocycles. The largest absolute Gasteiger partial charge is 0.335 e. The Hall–Kier alpha value is -3.98. The molecule has 182 valence electrons. The van der Waals surface area contributed by atoms with Crippen molar-refractivity contribution in [3.8, 4) is 0 Å². The van der Waals surface area contributed by atoms with E-state index in [-0.39, 0.29) is 17.4 Å². The summed E-state index contributed by atoms with van der Waals surface area (Å²) in [6, 6.07) is 17.0. The molecule has 0 saturated carbocycles. The zero-order valence-electron chi connectivity index (χ0n) is 19.6. The van der Waals surface area contributed by atoms with Gasteiger partial charge in [0.2, 0.25) is 0 Å². The number of rotatable bonds is 5. The lowest BCUT2D eigenvalue weighted by molar-refractivity contribution is 0.0532. The van der Waals surface area contributed by atoms with E-state index in [1.807, 2.05) is 55.5 Å². The number of amides is 2. The molecule has 9 heteroatoms. The fourth-order valence-corrected chi connectivity index (χ4v) is 5.06. The highest BCUT2D eigenvalue weighted by Crippen LogP contribution is 2.29. The van der Waals surface area contributed by atoms with Gasteiger partial charge in [0, 0.05) is 55.2 Å². The highest BCUT2D eigenvalue weighted by atomic mass is 32.2. The summed E-state index contributed by atoms with van der Waals surface area (Å²) in [5.74, 6) is -1.11. The lowest BCUT2D eigenvalue weighted by Crippen LogP contribution is -2.50. The number of aromatic nitrogens is 2. The number of para-hydroxylation sites is 1. The Morgan fingerprint density at radius 2 is 1.69 bits per heavy atom. The number of benzene rings is 2. The monoisotopic (exact) mass is 501 g/mol. The minimum atomic E-state index is -0.639.